The summed E-state index contributed by atoms with van der Waals surface area (Å²) in [5.74, 6) is -3.82. The van der Waals surface area contributed by atoms with E-state index in [1.165, 1.54) is 0 Å². The second-order valence-corrected chi connectivity index (χ2v) is 5.91. The normalized spacial score (nSPS) is 25.6. The van der Waals surface area contributed by atoms with Gasteiger partial charge in [-0.25, -0.2) is 8.78 Å². The summed E-state index contributed by atoms with van der Waals surface area (Å²) in [5.41, 5.74) is -0.0482. The zero-order chi connectivity index (χ0) is 15.6. The highest BCUT2D eigenvalue weighted by Crippen LogP contribution is 2.67. The van der Waals surface area contributed by atoms with Crippen molar-refractivity contribution in [1.82, 2.24) is 0 Å². The largest absolute Gasteiger partial charge is 0.302 e. The van der Waals surface area contributed by atoms with Gasteiger partial charge < -0.3 is 4.79 Å². The lowest BCUT2D eigenvalue weighted by Gasteiger charge is -2.09. The van der Waals surface area contributed by atoms with E-state index in [0.717, 1.165) is 12.0 Å². The first-order valence-corrected chi connectivity index (χ1v) is 7.56. The average molecular weight is 300 g/mol. The fourth-order valence-corrected chi connectivity index (χ4v) is 3.40. The second-order valence-electron chi connectivity index (χ2n) is 5.91. The summed E-state index contributed by atoms with van der Waals surface area (Å²) in [5, 5.41) is 0. The summed E-state index contributed by atoms with van der Waals surface area (Å²) >= 11 is 0. The molecule has 0 heterocycles. The molecular formula is C19H18F2O. The Kier molecular flexibility index (Phi) is 3.81. The minimum atomic E-state index is -2.94. The lowest BCUT2D eigenvalue weighted by atomic mass is 9.92. The van der Waals surface area contributed by atoms with E-state index in [4.69, 9.17) is 0 Å². The van der Waals surface area contributed by atoms with Crippen molar-refractivity contribution in [3.8, 4) is 0 Å². The molecule has 0 amide bonds. The van der Waals surface area contributed by atoms with Crippen LogP contribution < -0.4 is 0 Å². The molecule has 1 nitrogen and oxygen atoms in total. The first-order chi connectivity index (χ1) is 10.6. The van der Waals surface area contributed by atoms with Gasteiger partial charge in [0.25, 0.3) is 5.92 Å². The van der Waals surface area contributed by atoms with Crippen molar-refractivity contribution in [2.75, 3.05) is 0 Å². The molecule has 1 fully saturated rings. The molecule has 3 heteroatoms. The molecule has 114 valence electrons. The van der Waals surface area contributed by atoms with E-state index in [1.807, 2.05) is 30.3 Å². The van der Waals surface area contributed by atoms with E-state index in [2.05, 4.69) is 0 Å². The number of carbonyl (C=O) groups is 1. The van der Waals surface area contributed by atoms with Crippen LogP contribution in [0.4, 0.5) is 8.78 Å². The molecule has 0 aromatic heterocycles. The Labute approximate surface area is 129 Å². The first-order valence-electron chi connectivity index (χ1n) is 7.56. The number of alkyl halides is 2. The SMILES string of the molecule is O=C[C@@]1(c2ccccc2)[C@H](CCCc2ccccc2)C1(F)F. The molecule has 2 aromatic carbocycles. The maximum absolute atomic E-state index is 14.3. The van der Waals surface area contributed by atoms with Crippen LogP contribution in [0.3, 0.4) is 0 Å². The Hall–Kier alpha value is -2.03. The zero-order valence-corrected chi connectivity index (χ0v) is 12.2. The van der Waals surface area contributed by atoms with Crippen molar-refractivity contribution in [2.24, 2.45) is 5.92 Å². The Balaban J connectivity index is 1.70. The van der Waals surface area contributed by atoms with Gasteiger partial charge in [-0.1, -0.05) is 60.7 Å². The molecule has 2 aromatic rings. The van der Waals surface area contributed by atoms with E-state index >= 15 is 0 Å². The van der Waals surface area contributed by atoms with Crippen LogP contribution in [0.25, 0.3) is 0 Å². The second kappa shape index (κ2) is 5.64. The number of hydrogen-bond acceptors (Lipinski definition) is 1. The van der Waals surface area contributed by atoms with E-state index in [9.17, 15) is 13.6 Å². The van der Waals surface area contributed by atoms with Crippen molar-refractivity contribution >= 4 is 6.29 Å². The van der Waals surface area contributed by atoms with Gasteiger partial charge in [-0.3, -0.25) is 0 Å². The monoisotopic (exact) mass is 300 g/mol. The third-order valence-electron chi connectivity index (χ3n) is 4.69. The zero-order valence-electron chi connectivity index (χ0n) is 12.2. The Bertz CT molecular complexity index is 639. The summed E-state index contributed by atoms with van der Waals surface area (Å²) in [7, 11) is 0. The van der Waals surface area contributed by atoms with Crippen LogP contribution in [-0.4, -0.2) is 12.2 Å². The minimum Gasteiger partial charge on any atom is -0.302 e. The van der Waals surface area contributed by atoms with Gasteiger partial charge in [-0.15, -0.1) is 0 Å². The third-order valence-corrected chi connectivity index (χ3v) is 4.69. The molecule has 0 N–H and O–H groups in total. The summed E-state index contributed by atoms with van der Waals surface area (Å²) in [6.07, 6.45) is 2.23. The molecule has 1 aliphatic carbocycles. The lowest BCUT2D eigenvalue weighted by molar-refractivity contribution is -0.112. The van der Waals surface area contributed by atoms with Gasteiger partial charge in [0, 0.05) is 5.92 Å². The highest BCUT2D eigenvalue weighted by Gasteiger charge is 2.80. The van der Waals surface area contributed by atoms with Gasteiger partial charge in [0.15, 0.2) is 0 Å². The lowest BCUT2D eigenvalue weighted by Crippen LogP contribution is -2.18. The summed E-state index contributed by atoms with van der Waals surface area (Å²) in [6.45, 7) is 0. The van der Waals surface area contributed by atoms with Crippen molar-refractivity contribution in [2.45, 2.75) is 30.6 Å². The maximum atomic E-state index is 14.3. The number of rotatable bonds is 6. The first kappa shape index (κ1) is 14.9. The van der Waals surface area contributed by atoms with E-state index < -0.39 is 17.3 Å². The van der Waals surface area contributed by atoms with Crippen LogP contribution in [0.1, 0.15) is 24.0 Å². The van der Waals surface area contributed by atoms with Crippen LogP contribution >= 0.6 is 0 Å². The van der Waals surface area contributed by atoms with Gasteiger partial charge in [-0.2, -0.15) is 0 Å². The van der Waals surface area contributed by atoms with Crippen LogP contribution in [-0.2, 0) is 16.6 Å². The van der Waals surface area contributed by atoms with Gasteiger partial charge in [0.2, 0.25) is 0 Å². The molecule has 0 radical (unpaired) electrons. The van der Waals surface area contributed by atoms with Crippen LogP contribution in [0.5, 0.6) is 0 Å². The highest BCUT2D eigenvalue weighted by molar-refractivity contribution is 5.78. The molecule has 1 saturated carbocycles. The Morgan fingerprint density at radius 1 is 0.955 bits per heavy atom. The predicted molar refractivity (Wildman–Crippen MR) is 82.0 cm³/mol. The number of halogens is 2. The maximum Gasteiger partial charge on any atom is 0.268 e. The molecule has 3 rings (SSSR count). The van der Waals surface area contributed by atoms with Crippen molar-refractivity contribution in [1.29, 1.82) is 0 Å². The highest BCUT2D eigenvalue weighted by atomic mass is 19.3. The average Bonchev–Trinajstić information content (AvgIpc) is 3.05. The minimum absolute atomic E-state index is 0.357. The fraction of sp³-hybridized carbons (Fsp3) is 0.316. The topological polar surface area (TPSA) is 17.1 Å². The predicted octanol–water partition coefficient (Wildman–Crippen LogP) is 4.41. The molecule has 2 atom stereocenters. The quantitative estimate of drug-likeness (QED) is 0.722. The van der Waals surface area contributed by atoms with Gasteiger partial charge in [-0.05, 0) is 30.4 Å². The molecule has 22 heavy (non-hydrogen) atoms. The van der Waals surface area contributed by atoms with Crippen LogP contribution in [0.2, 0.25) is 0 Å². The molecule has 0 unspecified atom stereocenters. The van der Waals surface area contributed by atoms with Crippen LogP contribution in [0.15, 0.2) is 60.7 Å². The van der Waals surface area contributed by atoms with E-state index in [1.54, 1.807) is 30.3 Å². The fourth-order valence-electron chi connectivity index (χ4n) is 3.40. The van der Waals surface area contributed by atoms with Crippen molar-refractivity contribution in [3.05, 3.63) is 71.8 Å². The summed E-state index contributed by atoms with van der Waals surface area (Å²) in [4.78, 5) is 11.5. The number of hydrogen-bond donors (Lipinski definition) is 0. The molecule has 1 aliphatic rings. The smallest absolute Gasteiger partial charge is 0.268 e. The van der Waals surface area contributed by atoms with Gasteiger partial charge in [0.1, 0.15) is 11.7 Å². The Morgan fingerprint density at radius 2 is 1.55 bits per heavy atom. The van der Waals surface area contributed by atoms with Crippen molar-refractivity contribution in [3.63, 3.8) is 0 Å². The molecule has 0 aliphatic heterocycles. The molecule has 0 bridgehead atoms. The molecular weight excluding hydrogens is 282 g/mol. The third kappa shape index (κ3) is 2.25. The number of carbonyl (C=O) groups excluding carboxylic acids is 1. The van der Waals surface area contributed by atoms with E-state index in [0.29, 0.717) is 24.7 Å². The van der Waals surface area contributed by atoms with Crippen molar-refractivity contribution < 1.29 is 13.6 Å². The number of benzene rings is 2. The summed E-state index contributed by atoms with van der Waals surface area (Å²) in [6, 6.07) is 18.2. The van der Waals surface area contributed by atoms with Gasteiger partial charge in [0.05, 0.1) is 0 Å². The molecule has 0 spiro atoms. The summed E-state index contributed by atoms with van der Waals surface area (Å²) < 4.78 is 28.6. The van der Waals surface area contributed by atoms with Crippen LogP contribution in [0, 0.1) is 5.92 Å². The van der Waals surface area contributed by atoms with Gasteiger partial charge >= 0.3 is 0 Å². The number of aryl methyl sites for hydroxylation is 1. The Morgan fingerprint density at radius 3 is 2.14 bits per heavy atom. The standard InChI is InChI=1S/C19H18F2O/c20-19(21)17(13-7-10-15-8-3-1-4-9-15)18(19,14-22)16-11-5-2-6-12-16/h1-6,8-9,11-12,14,17H,7,10,13H2/t17-,18+/m0/s1. The molecule has 0 saturated heterocycles. The number of aldehydes is 1. The van der Waals surface area contributed by atoms with E-state index in [-0.39, 0.29) is 0 Å².